The zero-order chi connectivity index (χ0) is 9.80. The standard InChI is InChI=1S/C10H12OSi3/c1-9-4-2-3-5-10(9)8-14-7-6-11-12-13-14/h2-5,8H,6-7H2,1H3. The van der Waals surface area contributed by atoms with Gasteiger partial charge in [-0.05, 0) is 32.0 Å². The van der Waals surface area contributed by atoms with Crippen LogP contribution in [-0.2, 0) is 4.43 Å². The van der Waals surface area contributed by atoms with E-state index in [1.807, 2.05) is 0 Å². The lowest BCUT2D eigenvalue weighted by molar-refractivity contribution is 0.368. The molecular weight excluding hydrogens is 220 g/mol. The highest BCUT2D eigenvalue weighted by Crippen LogP contribution is 2.04. The summed E-state index contributed by atoms with van der Waals surface area (Å²) in [6, 6.07) is 9.96. The topological polar surface area (TPSA) is 9.23 Å². The lowest BCUT2D eigenvalue weighted by Crippen LogP contribution is -2.31. The maximum Gasteiger partial charge on any atom is 0.206 e. The van der Waals surface area contributed by atoms with Crippen molar-refractivity contribution < 1.29 is 4.43 Å². The van der Waals surface area contributed by atoms with E-state index in [9.17, 15) is 0 Å². The minimum atomic E-state index is -0.232. The lowest BCUT2D eigenvalue weighted by atomic mass is 10.1. The van der Waals surface area contributed by atoms with E-state index >= 15 is 0 Å². The third-order valence-electron chi connectivity index (χ3n) is 2.28. The second-order valence-electron chi connectivity index (χ2n) is 3.35. The molecule has 14 heavy (non-hydrogen) atoms. The van der Waals surface area contributed by atoms with Gasteiger partial charge in [-0.15, -0.1) is 0 Å². The molecule has 0 saturated carbocycles. The van der Waals surface area contributed by atoms with Crippen molar-refractivity contribution in [2.24, 2.45) is 0 Å². The fourth-order valence-corrected chi connectivity index (χ4v) is 9.28. The Morgan fingerprint density at radius 3 is 3.00 bits per heavy atom. The second kappa shape index (κ2) is 4.97. The summed E-state index contributed by atoms with van der Waals surface area (Å²) in [6.45, 7) is 3.18. The van der Waals surface area contributed by atoms with Gasteiger partial charge in [0.25, 0.3) is 0 Å². The van der Waals surface area contributed by atoms with Gasteiger partial charge in [0.15, 0.2) is 0 Å². The quantitative estimate of drug-likeness (QED) is 0.656. The smallest absolute Gasteiger partial charge is 0.206 e. The first-order valence-corrected chi connectivity index (χ1v) is 10.4. The fourth-order valence-electron chi connectivity index (χ4n) is 1.42. The van der Waals surface area contributed by atoms with Crippen LogP contribution in [-0.4, -0.2) is 38.0 Å². The Morgan fingerprint density at radius 1 is 1.43 bits per heavy atom. The Morgan fingerprint density at radius 2 is 2.29 bits per heavy atom. The molecule has 1 aromatic carbocycles. The predicted octanol–water partition coefficient (Wildman–Crippen LogP) is 0.987. The van der Waals surface area contributed by atoms with E-state index in [2.05, 4.69) is 36.9 Å². The molecule has 0 amide bonds. The Bertz CT molecular complexity index is 341. The number of hydrogen-bond donors (Lipinski definition) is 0. The molecule has 4 radical (unpaired) electrons. The van der Waals surface area contributed by atoms with Gasteiger partial charge >= 0.3 is 0 Å². The summed E-state index contributed by atoms with van der Waals surface area (Å²) in [4.78, 5) is 0. The molecule has 0 aromatic heterocycles. The largest absolute Gasteiger partial charge is 0.422 e. The molecule has 1 nitrogen and oxygen atoms in total. The van der Waals surface area contributed by atoms with Crippen LogP contribution in [0.1, 0.15) is 11.1 Å². The third-order valence-corrected chi connectivity index (χ3v) is 11.1. The van der Waals surface area contributed by atoms with E-state index in [0.29, 0.717) is 0 Å². The molecule has 1 fully saturated rings. The van der Waals surface area contributed by atoms with Crippen LogP contribution in [0.25, 0.3) is 0 Å². The average Bonchev–Trinajstić information content (AvgIpc) is 2.23. The Balaban J connectivity index is 2.19. The van der Waals surface area contributed by atoms with E-state index in [-0.39, 0.29) is 7.93 Å². The van der Waals surface area contributed by atoms with Crippen LogP contribution in [0.15, 0.2) is 24.3 Å². The first-order valence-electron chi connectivity index (χ1n) is 4.75. The van der Waals surface area contributed by atoms with Gasteiger partial charge in [-0.25, -0.2) is 0 Å². The lowest BCUT2D eigenvalue weighted by Gasteiger charge is -2.12. The Hall–Kier alpha value is -0.299. The molecule has 0 atom stereocenters. The molecule has 0 bridgehead atoms. The van der Waals surface area contributed by atoms with E-state index in [0.717, 1.165) is 24.4 Å². The molecule has 0 aliphatic carbocycles. The summed E-state index contributed by atoms with van der Waals surface area (Å²) in [6.07, 6.45) is 0. The van der Waals surface area contributed by atoms with Gasteiger partial charge in [0, 0.05) is 6.61 Å². The van der Waals surface area contributed by atoms with Crippen LogP contribution < -0.4 is 0 Å². The number of aryl methyl sites for hydroxylation is 1. The molecule has 1 aromatic rings. The maximum atomic E-state index is 5.41. The SMILES string of the molecule is Cc1ccccc1C=[Si]1CCO[Si][Si]1. The number of benzene rings is 1. The van der Waals surface area contributed by atoms with E-state index in [1.54, 1.807) is 0 Å². The summed E-state index contributed by atoms with van der Waals surface area (Å²) < 4.78 is 5.41. The zero-order valence-electron chi connectivity index (χ0n) is 8.21. The van der Waals surface area contributed by atoms with E-state index < -0.39 is 0 Å². The highest BCUT2D eigenvalue weighted by Gasteiger charge is 2.08. The summed E-state index contributed by atoms with van der Waals surface area (Å²) in [7, 11) is 1.61. The van der Waals surface area contributed by atoms with Crippen molar-refractivity contribution in [3.63, 3.8) is 0 Å². The van der Waals surface area contributed by atoms with Crippen molar-refractivity contribution in [3.05, 3.63) is 35.4 Å². The first kappa shape index (κ1) is 10.2. The van der Waals surface area contributed by atoms with Crippen LogP contribution in [0.2, 0.25) is 6.04 Å². The highest BCUT2D eigenvalue weighted by molar-refractivity contribution is 7.35. The van der Waals surface area contributed by atoms with Crippen molar-refractivity contribution >= 4 is 31.4 Å². The van der Waals surface area contributed by atoms with Crippen LogP contribution in [0.5, 0.6) is 0 Å². The van der Waals surface area contributed by atoms with Gasteiger partial charge in [0.05, 0.1) is 8.55 Å². The molecule has 1 saturated heterocycles. The van der Waals surface area contributed by atoms with Crippen LogP contribution in [0, 0.1) is 6.92 Å². The van der Waals surface area contributed by atoms with Gasteiger partial charge in [-0.1, -0.05) is 29.9 Å². The summed E-state index contributed by atoms with van der Waals surface area (Å²) >= 11 is 0. The van der Waals surface area contributed by atoms with Crippen molar-refractivity contribution in [2.75, 3.05) is 6.61 Å². The normalized spacial score (nSPS) is 19.9. The molecule has 1 heterocycles. The average molecular weight is 232 g/mol. The minimum absolute atomic E-state index is 0.232. The minimum Gasteiger partial charge on any atom is -0.422 e. The van der Waals surface area contributed by atoms with Gasteiger partial charge in [0.1, 0.15) is 0 Å². The Labute approximate surface area is 91.1 Å². The van der Waals surface area contributed by atoms with Crippen LogP contribution >= 0.6 is 0 Å². The molecule has 2 rings (SSSR count). The number of rotatable bonds is 1. The third kappa shape index (κ3) is 2.60. The fraction of sp³-hybridized carbons (Fsp3) is 0.300. The number of hydrogen-bond acceptors (Lipinski definition) is 1. The molecular formula is C10H12OSi3. The molecule has 1 aliphatic rings. The van der Waals surface area contributed by atoms with Crippen molar-refractivity contribution in [1.82, 2.24) is 0 Å². The van der Waals surface area contributed by atoms with Crippen LogP contribution in [0.3, 0.4) is 0 Å². The van der Waals surface area contributed by atoms with Crippen molar-refractivity contribution in [3.8, 4) is 0 Å². The van der Waals surface area contributed by atoms with E-state index in [1.165, 1.54) is 17.2 Å². The summed E-state index contributed by atoms with van der Waals surface area (Å²) in [5, 5.41) is 0. The van der Waals surface area contributed by atoms with Gasteiger partial charge in [-0.3, -0.25) is 0 Å². The van der Waals surface area contributed by atoms with Crippen molar-refractivity contribution in [2.45, 2.75) is 13.0 Å². The van der Waals surface area contributed by atoms with Gasteiger partial charge in [0.2, 0.25) is 9.28 Å². The predicted molar refractivity (Wildman–Crippen MR) is 64.4 cm³/mol. The summed E-state index contributed by atoms with van der Waals surface area (Å²) in [5.41, 5.74) is 5.37. The molecule has 70 valence electrons. The first-order chi connectivity index (χ1) is 6.86. The van der Waals surface area contributed by atoms with Crippen LogP contribution in [0.4, 0.5) is 0 Å². The van der Waals surface area contributed by atoms with E-state index in [4.69, 9.17) is 4.43 Å². The Kier molecular flexibility index (Phi) is 3.63. The second-order valence-corrected chi connectivity index (χ2v) is 11.5. The van der Waals surface area contributed by atoms with Gasteiger partial charge in [-0.2, -0.15) is 0 Å². The molecule has 4 heteroatoms. The molecule has 0 spiro atoms. The highest BCUT2D eigenvalue weighted by atomic mass is 29.5. The van der Waals surface area contributed by atoms with Crippen molar-refractivity contribution in [1.29, 1.82) is 0 Å². The molecule has 0 unspecified atom stereocenters. The molecule has 1 aliphatic heterocycles. The summed E-state index contributed by atoms with van der Waals surface area (Å²) in [5.74, 6) is 0. The maximum absolute atomic E-state index is 5.41. The molecule has 0 N–H and O–H groups in total. The monoisotopic (exact) mass is 232 g/mol. The van der Waals surface area contributed by atoms with Gasteiger partial charge < -0.3 is 4.43 Å². The zero-order valence-corrected chi connectivity index (χ0v) is 11.2.